The highest BCUT2D eigenvalue weighted by atomic mass is 32.2. The van der Waals surface area contributed by atoms with E-state index in [4.69, 9.17) is 0 Å². The van der Waals surface area contributed by atoms with Crippen LogP contribution in [0, 0.1) is 0 Å². The zero-order valence-corrected chi connectivity index (χ0v) is 11.0. The minimum Gasteiger partial charge on any atom is -0.389 e. The van der Waals surface area contributed by atoms with Gasteiger partial charge in [0.1, 0.15) is 0 Å². The van der Waals surface area contributed by atoms with Gasteiger partial charge in [-0.3, -0.25) is 0 Å². The second kappa shape index (κ2) is 4.87. The molecule has 2 unspecified atom stereocenters. The van der Waals surface area contributed by atoms with Gasteiger partial charge in [-0.25, -0.2) is 8.42 Å². The number of sulfone groups is 1. The smallest absolute Gasteiger partial charge is 0.178 e. The number of aliphatic hydroxyl groups is 2. The molecule has 5 nitrogen and oxygen atoms in total. The molecule has 6 heteroatoms. The lowest BCUT2D eigenvalue weighted by Gasteiger charge is -2.17. The molecule has 1 fully saturated rings. The van der Waals surface area contributed by atoms with Gasteiger partial charge in [0.05, 0.1) is 22.9 Å². The third-order valence-corrected chi connectivity index (χ3v) is 4.95. The Morgan fingerprint density at radius 3 is 2.11 bits per heavy atom. The van der Waals surface area contributed by atoms with Crippen molar-refractivity contribution in [2.45, 2.75) is 24.0 Å². The first-order chi connectivity index (χ1) is 8.44. The van der Waals surface area contributed by atoms with Gasteiger partial charge in [0.2, 0.25) is 0 Å². The number of anilines is 1. The molecular formula is C12H17NO4S. The van der Waals surface area contributed by atoms with E-state index in [1.807, 2.05) is 4.90 Å². The highest BCUT2D eigenvalue weighted by Crippen LogP contribution is 2.22. The maximum atomic E-state index is 11.6. The van der Waals surface area contributed by atoms with Crippen molar-refractivity contribution in [2.24, 2.45) is 0 Å². The summed E-state index contributed by atoms with van der Waals surface area (Å²) in [6.07, 6.45) is -1.49. The van der Waals surface area contributed by atoms with Gasteiger partial charge >= 0.3 is 0 Å². The zero-order chi connectivity index (χ0) is 13.3. The first-order valence-electron chi connectivity index (χ1n) is 5.88. The van der Waals surface area contributed by atoms with Crippen LogP contribution >= 0.6 is 0 Å². The molecule has 1 aliphatic heterocycles. The number of rotatable bonds is 3. The summed E-state index contributed by atoms with van der Waals surface area (Å²) >= 11 is 0. The summed E-state index contributed by atoms with van der Waals surface area (Å²) in [5, 5.41) is 18.9. The minimum atomic E-state index is -3.18. The SMILES string of the molecule is CCS(=O)(=O)c1ccc(N2CC(O)C(O)C2)cc1. The van der Waals surface area contributed by atoms with E-state index in [0.29, 0.717) is 18.0 Å². The summed E-state index contributed by atoms with van der Waals surface area (Å²) in [6.45, 7) is 2.33. The van der Waals surface area contributed by atoms with E-state index in [1.165, 1.54) is 0 Å². The lowest BCUT2D eigenvalue weighted by Crippen LogP contribution is -2.22. The summed E-state index contributed by atoms with van der Waals surface area (Å²) < 4.78 is 23.3. The van der Waals surface area contributed by atoms with Crippen molar-refractivity contribution < 1.29 is 18.6 Å². The molecule has 18 heavy (non-hydrogen) atoms. The summed E-state index contributed by atoms with van der Waals surface area (Å²) in [6, 6.07) is 6.52. The van der Waals surface area contributed by atoms with Gasteiger partial charge < -0.3 is 15.1 Å². The normalized spacial score (nSPS) is 24.5. The van der Waals surface area contributed by atoms with Crippen molar-refractivity contribution >= 4 is 15.5 Å². The van der Waals surface area contributed by atoms with E-state index in [9.17, 15) is 18.6 Å². The van der Waals surface area contributed by atoms with Crippen molar-refractivity contribution in [1.82, 2.24) is 0 Å². The van der Waals surface area contributed by atoms with E-state index >= 15 is 0 Å². The Morgan fingerprint density at radius 1 is 1.17 bits per heavy atom. The van der Waals surface area contributed by atoms with E-state index < -0.39 is 22.0 Å². The van der Waals surface area contributed by atoms with Crippen molar-refractivity contribution in [3.63, 3.8) is 0 Å². The molecule has 0 amide bonds. The maximum absolute atomic E-state index is 11.6. The molecule has 1 aliphatic rings. The molecule has 2 atom stereocenters. The van der Waals surface area contributed by atoms with Crippen molar-refractivity contribution in [3.8, 4) is 0 Å². The molecule has 0 bridgehead atoms. The van der Waals surface area contributed by atoms with E-state index in [-0.39, 0.29) is 5.75 Å². The summed E-state index contributed by atoms with van der Waals surface area (Å²) in [4.78, 5) is 2.13. The first-order valence-corrected chi connectivity index (χ1v) is 7.53. The minimum absolute atomic E-state index is 0.0769. The predicted molar refractivity (Wildman–Crippen MR) is 68.4 cm³/mol. The molecule has 1 saturated heterocycles. The summed E-state index contributed by atoms with van der Waals surface area (Å²) in [7, 11) is -3.18. The molecule has 0 spiro atoms. The molecule has 0 radical (unpaired) electrons. The van der Waals surface area contributed by atoms with Crippen molar-refractivity contribution in [2.75, 3.05) is 23.7 Å². The Labute approximate surface area is 107 Å². The standard InChI is InChI=1S/C12H17NO4S/c1-2-18(16,17)10-5-3-9(4-6-10)13-7-11(14)12(15)8-13/h3-6,11-12,14-15H,2,7-8H2,1H3. The van der Waals surface area contributed by atoms with Crippen LogP contribution in [-0.4, -0.2) is 49.7 Å². The highest BCUT2D eigenvalue weighted by Gasteiger charge is 2.29. The Balaban J connectivity index is 2.19. The van der Waals surface area contributed by atoms with Gasteiger partial charge in [-0.1, -0.05) is 6.92 Å². The Kier molecular flexibility index (Phi) is 3.61. The average Bonchev–Trinajstić information content (AvgIpc) is 2.70. The third-order valence-electron chi connectivity index (χ3n) is 3.20. The van der Waals surface area contributed by atoms with Crippen LogP contribution in [0.1, 0.15) is 6.92 Å². The highest BCUT2D eigenvalue weighted by molar-refractivity contribution is 7.91. The van der Waals surface area contributed by atoms with Crippen LogP contribution < -0.4 is 4.90 Å². The number of benzene rings is 1. The van der Waals surface area contributed by atoms with Crippen LogP contribution in [0.5, 0.6) is 0 Å². The van der Waals surface area contributed by atoms with Crippen LogP contribution in [0.15, 0.2) is 29.2 Å². The molecule has 2 rings (SSSR count). The van der Waals surface area contributed by atoms with Gasteiger partial charge in [0.25, 0.3) is 0 Å². The van der Waals surface area contributed by atoms with E-state index in [1.54, 1.807) is 31.2 Å². The molecule has 1 aromatic carbocycles. The quantitative estimate of drug-likeness (QED) is 0.810. The number of β-amino-alcohol motifs (C(OH)–C–C–N with tert-alkyl or cyclic N) is 2. The Hall–Kier alpha value is -1.11. The number of hydrogen-bond acceptors (Lipinski definition) is 5. The molecule has 1 aromatic rings. The monoisotopic (exact) mass is 271 g/mol. The largest absolute Gasteiger partial charge is 0.389 e. The molecule has 0 aliphatic carbocycles. The van der Waals surface area contributed by atoms with Crippen LogP contribution in [0.25, 0.3) is 0 Å². The van der Waals surface area contributed by atoms with Crippen molar-refractivity contribution in [3.05, 3.63) is 24.3 Å². The third kappa shape index (κ3) is 2.50. The van der Waals surface area contributed by atoms with Crippen LogP contribution in [0.3, 0.4) is 0 Å². The van der Waals surface area contributed by atoms with Crippen LogP contribution in [0.2, 0.25) is 0 Å². The van der Waals surface area contributed by atoms with Crippen LogP contribution in [0.4, 0.5) is 5.69 Å². The number of hydrogen-bond donors (Lipinski definition) is 2. The van der Waals surface area contributed by atoms with Gasteiger partial charge in [-0.15, -0.1) is 0 Å². The fourth-order valence-electron chi connectivity index (χ4n) is 2.01. The fraction of sp³-hybridized carbons (Fsp3) is 0.500. The molecule has 0 aromatic heterocycles. The lowest BCUT2D eigenvalue weighted by atomic mass is 10.3. The molecule has 2 N–H and O–H groups in total. The van der Waals surface area contributed by atoms with E-state index in [0.717, 1.165) is 5.69 Å². The van der Waals surface area contributed by atoms with Gasteiger partial charge in [0, 0.05) is 18.8 Å². The Bertz CT molecular complexity index is 501. The maximum Gasteiger partial charge on any atom is 0.178 e. The molecule has 100 valence electrons. The topological polar surface area (TPSA) is 77.8 Å². The number of nitrogens with zero attached hydrogens (tertiary/aromatic N) is 1. The Morgan fingerprint density at radius 2 is 1.67 bits per heavy atom. The van der Waals surface area contributed by atoms with E-state index in [2.05, 4.69) is 0 Å². The molecular weight excluding hydrogens is 254 g/mol. The molecule has 0 saturated carbocycles. The number of aliphatic hydroxyl groups excluding tert-OH is 2. The van der Waals surface area contributed by atoms with Gasteiger partial charge in [-0.2, -0.15) is 0 Å². The molecule has 1 heterocycles. The summed E-state index contributed by atoms with van der Waals surface area (Å²) in [5.74, 6) is 0.0769. The lowest BCUT2D eigenvalue weighted by molar-refractivity contribution is 0.0572. The average molecular weight is 271 g/mol. The second-order valence-corrected chi connectivity index (χ2v) is 6.72. The summed E-state index contributed by atoms with van der Waals surface area (Å²) in [5.41, 5.74) is 0.806. The van der Waals surface area contributed by atoms with Gasteiger partial charge in [0.15, 0.2) is 9.84 Å². The first kappa shape index (κ1) is 13.3. The van der Waals surface area contributed by atoms with Crippen LogP contribution in [-0.2, 0) is 9.84 Å². The fourth-order valence-corrected chi connectivity index (χ4v) is 2.90. The second-order valence-electron chi connectivity index (χ2n) is 4.44. The zero-order valence-electron chi connectivity index (χ0n) is 10.2. The van der Waals surface area contributed by atoms with Crippen molar-refractivity contribution in [1.29, 1.82) is 0 Å². The predicted octanol–water partition coefficient (Wildman–Crippen LogP) is 0.0220. The van der Waals surface area contributed by atoms with Gasteiger partial charge in [-0.05, 0) is 24.3 Å².